The van der Waals surface area contributed by atoms with Crippen molar-refractivity contribution >= 4 is 32.4 Å². The average Bonchev–Trinajstić information content (AvgIpc) is 2.99. The molecule has 1 aliphatic carbocycles. The van der Waals surface area contributed by atoms with Gasteiger partial charge in [-0.05, 0) is 55.9 Å². The Morgan fingerprint density at radius 1 is 1.20 bits per heavy atom. The summed E-state index contributed by atoms with van der Waals surface area (Å²) in [6.45, 7) is 1.82. The molecule has 0 saturated heterocycles. The normalized spacial score (nSPS) is 14.1. The van der Waals surface area contributed by atoms with Crippen LogP contribution in [0.3, 0.4) is 0 Å². The Morgan fingerprint density at radius 3 is 2.68 bits per heavy atom. The first-order valence-corrected chi connectivity index (χ1v) is 10.5. The smallest absolute Gasteiger partial charge is 0.240 e. The third-order valence-electron chi connectivity index (χ3n) is 4.05. The lowest BCUT2D eigenvalue weighted by Crippen LogP contribution is -2.28. The zero-order valence-corrected chi connectivity index (χ0v) is 15.5. The second-order valence-corrected chi connectivity index (χ2v) is 8.91. The van der Waals surface area contributed by atoms with Crippen LogP contribution in [0.5, 0.6) is 0 Å². The molecule has 134 valence electrons. The molecule has 0 saturated carbocycles. The summed E-state index contributed by atoms with van der Waals surface area (Å²) < 4.78 is 27.3. The van der Waals surface area contributed by atoms with Gasteiger partial charge in [0.25, 0.3) is 0 Å². The number of sulfonamides is 1. The van der Waals surface area contributed by atoms with E-state index in [9.17, 15) is 13.2 Å². The van der Waals surface area contributed by atoms with Crippen LogP contribution in [0.15, 0.2) is 23.1 Å². The first-order valence-electron chi connectivity index (χ1n) is 8.15. The highest BCUT2D eigenvalue weighted by atomic mass is 32.2. The minimum absolute atomic E-state index is 0.0306. The summed E-state index contributed by atoms with van der Waals surface area (Å²) >= 11 is 1.27. The fraction of sp³-hybridized carbons (Fsp3) is 0.438. The predicted molar refractivity (Wildman–Crippen MR) is 96.2 cm³/mol. The molecule has 1 aliphatic rings. The van der Waals surface area contributed by atoms with Crippen molar-refractivity contribution in [3.63, 3.8) is 0 Å². The number of rotatable bonds is 6. The number of hydrogen-bond donors (Lipinski definition) is 2. The zero-order valence-electron chi connectivity index (χ0n) is 13.9. The summed E-state index contributed by atoms with van der Waals surface area (Å²) in [5.41, 5.74) is 2.34. The van der Waals surface area contributed by atoms with Crippen LogP contribution in [0.4, 0.5) is 5.13 Å². The monoisotopic (exact) mass is 380 g/mol. The number of aryl methyl sites for hydroxylation is 3. The topological polar surface area (TPSA) is 101 Å². The highest BCUT2D eigenvalue weighted by Crippen LogP contribution is 2.24. The molecule has 9 heteroatoms. The second kappa shape index (κ2) is 7.59. The predicted octanol–water partition coefficient (Wildman–Crippen LogP) is 2.03. The molecular weight excluding hydrogens is 360 g/mol. The van der Waals surface area contributed by atoms with E-state index in [1.54, 1.807) is 19.1 Å². The van der Waals surface area contributed by atoms with E-state index in [2.05, 4.69) is 20.2 Å². The molecule has 0 spiro atoms. The van der Waals surface area contributed by atoms with E-state index < -0.39 is 10.0 Å². The maximum absolute atomic E-state index is 12.4. The van der Waals surface area contributed by atoms with E-state index >= 15 is 0 Å². The van der Waals surface area contributed by atoms with Crippen molar-refractivity contribution in [2.45, 2.75) is 43.9 Å². The molecule has 25 heavy (non-hydrogen) atoms. The number of fused-ring (bicyclic) bond motifs is 1. The summed E-state index contributed by atoms with van der Waals surface area (Å²) in [5.74, 6) is -0.302. The minimum atomic E-state index is -3.61. The van der Waals surface area contributed by atoms with Crippen LogP contribution in [0, 0.1) is 6.92 Å². The highest BCUT2D eigenvalue weighted by Gasteiger charge is 2.18. The molecule has 2 N–H and O–H groups in total. The molecule has 7 nitrogen and oxygen atoms in total. The van der Waals surface area contributed by atoms with Crippen LogP contribution in [-0.4, -0.2) is 31.1 Å². The lowest BCUT2D eigenvalue weighted by atomic mass is 9.92. The van der Waals surface area contributed by atoms with Gasteiger partial charge in [-0.15, -0.1) is 10.2 Å². The first-order chi connectivity index (χ1) is 11.9. The zero-order chi connectivity index (χ0) is 17.9. The van der Waals surface area contributed by atoms with Crippen LogP contribution < -0.4 is 10.0 Å². The molecular formula is C16H20N4O3S2. The second-order valence-electron chi connectivity index (χ2n) is 5.96. The molecule has 0 aliphatic heterocycles. The van der Waals surface area contributed by atoms with Gasteiger partial charge in [-0.2, -0.15) is 0 Å². The quantitative estimate of drug-likeness (QED) is 0.798. The number of nitrogens with zero attached hydrogens (tertiary/aromatic N) is 2. The van der Waals surface area contributed by atoms with Crippen LogP contribution >= 0.6 is 11.3 Å². The van der Waals surface area contributed by atoms with Crippen molar-refractivity contribution in [1.82, 2.24) is 14.9 Å². The van der Waals surface area contributed by atoms with Crippen LogP contribution in [-0.2, 0) is 27.7 Å². The molecule has 0 atom stereocenters. The van der Waals surface area contributed by atoms with Crippen LogP contribution in [0.2, 0.25) is 0 Å². The minimum Gasteiger partial charge on any atom is -0.300 e. The lowest BCUT2D eigenvalue weighted by molar-refractivity contribution is -0.116. The maximum Gasteiger partial charge on any atom is 0.240 e. The average molecular weight is 380 g/mol. The molecule has 1 aromatic carbocycles. The number of aromatic nitrogens is 2. The van der Waals surface area contributed by atoms with Crippen LogP contribution in [0.25, 0.3) is 0 Å². The molecule has 1 amide bonds. The Hall–Kier alpha value is -1.84. The summed E-state index contributed by atoms with van der Waals surface area (Å²) in [5, 5.41) is 11.4. The number of hydrogen-bond acceptors (Lipinski definition) is 6. The van der Waals surface area contributed by atoms with E-state index in [1.807, 2.05) is 6.07 Å². The molecule has 2 aromatic rings. The van der Waals surface area contributed by atoms with Gasteiger partial charge in [0.05, 0.1) is 4.90 Å². The number of nitrogens with one attached hydrogen (secondary N) is 2. The molecule has 1 heterocycles. The molecule has 1 aromatic heterocycles. The van der Waals surface area contributed by atoms with Gasteiger partial charge in [-0.3, -0.25) is 4.79 Å². The molecule has 0 unspecified atom stereocenters. The third kappa shape index (κ3) is 4.62. The van der Waals surface area contributed by atoms with Crippen molar-refractivity contribution in [3.05, 3.63) is 34.3 Å². The lowest BCUT2D eigenvalue weighted by Gasteiger charge is -2.16. The summed E-state index contributed by atoms with van der Waals surface area (Å²) in [6, 6.07) is 5.28. The number of amides is 1. The summed E-state index contributed by atoms with van der Waals surface area (Å²) in [4.78, 5) is 12.1. The van der Waals surface area contributed by atoms with Crippen molar-refractivity contribution in [1.29, 1.82) is 0 Å². The van der Waals surface area contributed by atoms with Gasteiger partial charge in [0.1, 0.15) is 5.01 Å². The van der Waals surface area contributed by atoms with E-state index in [1.165, 1.54) is 16.9 Å². The van der Waals surface area contributed by atoms with Gasteiger partial charge in [-0.1, -0.05) is 17.4 Å². The van der Waals surface area contributed by atoms with Gasteiger partial charge in [0, 0.05) is 13.0 Å². The summed E-state index contributed by atoms with van der Waals surface area (Å²) in [6.07, 6.45) is 4.20. The Bertz CT molecular complexity index is 877. The van der Waals surface area contributed by atoms with E-state index in [0.717, 1.165) is 36.3 Å². The van der Waals surface area contributed by atoms with Crippen LogP contribution in [0.1, 0.15) is 35.4 Å². The molecule has 0 fully saturated rings. The Kier molecular flexibility index (Phi) is 5.45. The summed E-state index contributed by atoms with van der Waals surface area (Å²) in [7, 11) is -3.61. The SMILES string of the molecule is Cc1nnc(NC(=O)CCNS(=O)(=O)c2ccc3c(c2)CCCC3)s1. The first kappa shape index (κ1) is 18.0. The van der Waals surface area contributed by atoms with Gasteiger partial charge < -0.3 is 5.32 Å². The Morgan fingerprint density at radius 2 is 1.96 bits per heavy atom. The molecule has 3 rings (SSSR count). The standard InChI is InChI=1S/C16H20N4O3S2/c1-11-19-20-16(24-11)18-15(21)8-9-17-25(22,23)14-7-6-12-4-2-3-5-13(12)10-14/h6-7,10,17H,2-5,8-9H2,1H3,(H,18,20,21). The van der Waals surface area contributed by atoms with Gasteiger partial charge in [0.15, 0.2) is 0 Å². The van der Waals surface area contributed by atoms with Crippen molar-refractivity contribution < 1.29 is 13.2 Å². The molecule has 0 bridgehead atoms. The Labute approximate surface area is 150 Å². The van der Waals surface area contributed by atoms with E-state index in [-0.39, 0.29) is 23.8 Å². The van der Waals surface area contributed by atoms with Gasteiger partial charge >= 0.3 is 0 Å². The number of carbonyl (C=O) groups is 1. The van der Waals surface area contributed by atoms with E-state index in [0.29, 0.717) is 5.13 Å². The van der Waals surface area contributed by atoms with Gasteiger partial charge in [-0.25, -0.2) is 13.1 Å². The largest absolute Gasteiger partial charge is 0.300 e. The fourth-order valence-corrected chi connectivity index (χ4v) is 4.48. The van der Waals surface area contributed by atoms with E-state index in [4.69, 9.17) is 0 Å². The van der Waals surface area contributed by atoms with Crippen molar-refractivity contribution in [3.8, 4) is 0 Å². The van der Waals surface area contributed by atoms with Crippen molar-refractivity contribution in [2.75, 3.05) is 11.9 Å². The number of anilines is 1. The Balaban J connectivity index is 1.55. The van der Waals surface area contributed by atoms with Gasteiger partial charge in [0.2, 0.25) is 21.1 Å². The van der Waals surface area contributed by atoms with Crippen molar-refractivity contribution in [2.24, 2.45) is 0 Å². The number of carbonyl (C=O) groups excluding carboxylic acids is 1. The number of benzene rings is 1. The highest BCUT2D eigenvalue weighted by molar-refractivity contribution is 7.89. The maximum atomic E-state index is 12.4. The molecule has 0 radical (unpaired) electrons. The third-order valence-corrected chi connectivity index (χ3v) is 6.26. The fourth-order valence-electron chi connectivity index (χ4n) is 2.79.